The molecule has 0 radical (unpaired) electrons. The molecular formula is C18H23FN2O4. The van der Waals surface area contributed by atoms with Crippen LogP contribution < -0.4 is 10.6 Å². The summed E-state index contributed by atoms with van der Waals surface area (Å²) in [6.07, 6.45) is 0.902. The van der Waals surface area contributed by atoms with E-state index < -0.39 is 29.8 Å². The van der Waals surface area contributed by atoms with E-state index in [9.17, 15) is 18.8 Å². The number of halogens is 1. The molecule has 0 bridgehead atoms. The molecule has 0 heterocycles. The van der Waals surface area contributed by atoms with Gasteiger partial charge in [-0.1, -0.05) is 26.0 Å². The van der Waals surface area contributed by atoms with Crippen molar-refractivity contribution < 1.29 is 23.5 Å². The Morgan fingerprint density at radius 3 is 2.36 bits per heavy atom. The second-order valence-electron chi connectivity index (χ2n) is 6.54. The van der Waals surface area contributed by atoms with Crippen molar-refractivity contribution in [3.8, 4) is 0 Å². The summed E-state index contributed by atoms with van der Waals surface area (Å²) in [7, 11) is 0. The fourth-order valence-corrected chi connectivity index (χ4v) is 2.21. The van der Waals surface area contributed by atoms with E-state index in [2.05, 4.69) is 10.6 Å². The van der Waals surface area contributed by atoms with E-state index in [0.717, 1.165) is 12.8 Å². The lowest BCUT2D eigenvalue weighted by molar-refractivity contribution is -0.157. The average Bonchev–Trinajstić information content (AvgIpc) is 3.36. The van der Waals surface area contributed by atoms with Crippen molar-refractivity contribution in [2.45, 2.75) is 51.8 Å². The van der Waals surface area contributed by atoms with Crippen LogP contribution in [-0.4, -0.2) is 36.0 Å². The maximum absolute atomic E-state index is 13.7. The Kier molecular flexibility index (Phi) is 6.12. The molecule has 25 heavy (non-hydrogen) atoms. The first-order valence-electron chi connectivity index (χ1n) is 8.36. The van der Waals surface area contributed by atoms with E-state index >= 15 is 0 Å². The molecule has 6 nitrogen and oxygen atoms in total. The zero-order valence-corrected chi connectivity index (χ0v) is 14.5. The molecule has 1 saturated carbocycles. The van der Waals surface area contributed by atoms with Gasteiger partial charge in [0.15, 0.2) is 6.10 Å². The summed E-state index contributed by atoms with van der Waals surface area (Å²) < 4.78 is 18.9. The van der Waals surface area contributed by atoms with E-state index in [1.807, 2.05) is 0 Å². The predicted molar refractivity (Wildman–Crippen MR) is 89.2 cm³/mol. The molecule has 1 aliphatic carbocycles. The lowest BCUT2D eigenvalue weighted by atomic mass is 10.0. The van der Waals surface area contributed by atoms with Gasteiger partial charge in [0.1, 0.15) is 11.9 Å². The number of esters is 1. The molecule has 1 fully saturated rings. The van der Waals surface area contributed by atoms with Gasteiger partial charge in [-0.2, -0.15) is 0 Å². The third-order valence-corrected chi connectivity index (χ3v) is 3.91. The highest BCUT2D eigenvalue weighted by molar-refractivity contribution is 5.97. The standard InChI is InChI=1S/C18H23FN2O4/c1-10(2)15(21-17(23)13-6-4-5-7-14(13)19)18(24)25-11(3)16(22)20-12-8-9-12/h4-7,10-12,15H,8-9H2,1-3H3,(H,20,22)(H,21,23)/t11-,15+/m1/s1. The summed E-state index contributed by atoms with van der Waals surface area (Å²) in [4.78, 5) is 36.4. The van der Waals surface area contributed by atoms with Gasteiger partial charge in [-0.25, -0.2) is 9.18 Å². The van der Waals surface area contributed by atoms with Crippen molar-refractivity contribution in [3.63, 3.8) is 0 Å². The molecule has 2 N–H and O–H groups in total. The Morgan fingerprint density at radius 2 is 1.80 bits per heavy atom. The quantitative estimate of drug-likeness (QED) is 0.734. The van der Waals surface area contributed by atoms with Gasteiger partial charge in [0, 0.05) is 6.04 Å². The number of ether oxygens (including phenoxy) is 1. The van der Waals surface area contributed by atoms with Gasteiger partial charge in [0.25, 0.3) is 11.8 Å². The molecule has 1 aromatic rings. The van der Waals surface area contributed by atoms with Crippen molar-refractivity contribution in [1.29, 1.82) is 0 Å². The molecule has 1 aromatic carbocycles. The number of hydrogen-bond acceptors (Lipinski definition) is 4. The molecule has 0 aliphatic heterocycles. The number of rotatable bonds is 7. The molecule has 0 spiro atoms. The van der Waals surface area contributed by atoms with Crippen LogP contribution in [-0.2, 0) is 14.3 Å². The molecule has 0 unspecified atom stereocenters. The van der Waals surface area contributed by atoms with Gasteiger partial charge in [0.2, 0.25) is 0 Å². The van der Waals surface area contributed by atoms with Crippen LogP contribution >= 0.6 is 0 Å². The van der Waals surface area contributed by atoms with Crippen molar-refractivity contribution in [2.24, 2.45) is 5.92 Å². The number of amides is 2. The number of benzene rings is 1. The van der Waals surface area contributed by atoms with Crippen LogP contribution in [0.1, 0.15) is 44.0 Å². The summed E-state index contributed by atoms with van der Waals surface area (Å²) in [5.74, 6) is -2.75. The summed E-state index contributed by atoms with van der Waals surface area (Å²) in [5, 5.41) is 5.23. The largest absolute Gasteiger partial charge is 0.451 e. The fourth-order valence-electron chi connectivity index (χ4n) is 2.21. The SMILES string of the molecule is CC(C)[C@H](NC(=O)c1ccccc1F)C(=O)O[C@H](C)C(=O)NC1CC1. The van der Waals surface area contributed by atoms with Crippen molar-refractivity contribution >= 4 is 17.8 Å². The van der Waals surface area contributed by atoms with Gasteiger partial charge in [0.05, 0.1) is 5.56 Å². The molecule has 7 heteroatoms. The molecular weight excluding hydrogens is 327 g/mol. The Balaban J connectivity index is 1.98. The summed E-state index contributed by atoms with van der Waals surface area (Å²) >= 11 is 0. The monoisotopic (exact) mass is 350 g/mol. The molecule has 1 aliphatic rings. The van der Waals surface area contributed by atoms with Crippen LogP contribution in [0.5, 0.6) is 0 Å². The average molecular weight is 350 g/mol. The maximum Gasteiger partial charge on any atom is 0.329 e. The molecule has 0 saturated heterocycles. The van der Waals surface area contributed by atoms with Gasteiger partial charge in [-0.15, -0.1) is 0 Å². The summed E-state index contributed by atoms with van der Waals surface area (Å²) in [5.41, 5.74) is -0.152. The fraction of sp³-hybridized carbons (Fsp3) is 0.500. The number of hydrogen-bond donors (Lipinski definition) is 2. The number of nitrogens with one attached hydrogen (secondary N) is 2. The highest BCUT2D eigenvalue weighted by Gasteiger charge is 2.31. The minimum absolute atomic E-state index is 0.152. The summed E-state index contributed by atoms with van der Waals surface area (Å²) in [6, 6.07) is 4.69. The Bertz CT molecular complexity index is 658. The van der Waals surface area contributed by atoms with Crippen LogP contribution in [0.2, 0.25) is 0 Å². The lowest BCUT2D eigenvalue weighted by Crippen LogP contribution is -2.48. The first-order chi connectivity index (χ1) is 11.8. The second kappa shape index (κ2) is 8.09. The van der Waals surface area contributed by atoms with Gasteiger partial charge >= 0.3 is 5.97 Å². The van der Waals surface area contributed by atoms with E-state index in [1.54, 1.807) is 13.8 Å². The zero-order chi connectivity index (χ0) is 18.6. The minimum Gasteiger partial charge on any atom is -0.451 e. The first kappa shape index (κ1) is 18.9. The van der Waals surface area contributed by atoms with Crippen molar-refractivity contribution in [1.82, 2.24) is 10.6 Å². The molecule has 0 aromatic heterocycles. The lowest BCUT2D eigenvalue weighted by Gasteiger charge is -2.23. The molecule has 136 valence electrons. The third-order valence-electron chi connectivity index (χ3n) is 3.91. The maximum atomic E-state index is 13.7. The normalized spacial score (nSPS) is 16.0. The summed E-state index contributed by atoms with van der Waals surface area (Å²) in [6.45, 7) is 4.93. The highest BCUT2D eigenvalue weighted by Crippen LogP contribution is 2.19. The van der Waals surface area contributed by atoms with E-state index in [4.69, 9.17) is 4.74 Å². The highest BCUT2D eigenvalue weighted by atomic mass is 19.1. The van der Waals surface area contributed by atoms with Crippen LogP contribution in [0.4, 0.5) is 4.39 Å². The van der Waals surface area contributed by atoms with Gasteiger partial charge in [-0.05, 0) is 37.8 Å². The second-order valence-corrected chi connectivity index (χ2v) is 6.54. The Hall–Kier alpha value is -2.44. The van der Waals surface area contributed by atoms with Crippen LogP contribution in [0, 0.1) is 11.7 Å². The molecule has 2 atom stereocenters. The minimum atomic E-state index is -0.983. The van der Waals surface area contributed by atoms with Crippen molar-refractivity contribution in [2.75, 3.05) is 0 Å². The van der Waals surface area contributed by atoms with Gasteiger partial charge in [-0.3, -0.25) is 9.59 Å². The molecule has 2 rings (SSSR count). The van der Waals surface area contributed by atoms with E-state index in [0.29, 0.717) is 0 Å². The number of carbonyl (C=O) groups excluding carboxylic acids is 3. The Morgan fingerprint density at radius 1 is 1.16 bits per heavy atom. The van der Waals surface area contributed by atoms with Crippen LogP contribution in [0.25, 0.3) is 0 Å². The first-order valence-corrected chi connectivity index (χ1v) is 8.36. The van der Waals surface area contributed by atoms with Crippen molar-refractivity contribution in [3.05, 3.63) is 35.6 Å². The van der Waals surface area contributed by atoms with Gasteiger partial charge < -0.3 is 15.4 Å². The predicted octanol–water partition coefficient (Wildman–Crippen LogP) is 1.79. The Labute approximate surface area is 146 Å². The molecule has 2 amide bonds. The van der Waals surface area contributed by atoms with Crippen LogP contribution in [0.3, 0.4) is 0 Å². The van der Waals surface area contributed by atoms with Crippen LogP contribution in [0.15, 0.2) is 24.3 Å². The van der Waals surface area contributed by atoms with E-state index in [1.165, 1.54) is 31.2 Å². The third kappa shape index (κ3) is 5.27. The smallest absolute Gasteiger partial charge is 0.329 e. The topological polar surface area (TPSA) is 84.5 Å². The van der Waals surface area contributed by atoms with E-state index in [-0.39, 0.29) is 23.4 Å². The zero-order valence-electron chi connectivity index (χ0n) is 14.5. The number of carbonyl (C=O) groups is 3.